The monoisotopic (exact) mass is 315 g/mol. The standard InChI is InChI=1S/C18H21NO4/c1-4-22-16-11-10-14(12-17(16)21-3)19-18(20)13(2)23-15-8-6-5-7-9-15/h5-13H,4H2,1-3H3,(H,19,20). The maximum Gasteiger partial charge on any atom is 0.265 e. The van der Waals surface area contributed by atoms with Gasteiger partial charge in [0.1, 0.15) is 5.75 Å². The molecule has 1 unspecified atom stereocenters. The van der Waals surface area contributed by atoms with Crippen molar-refractivity contribution in [3.8, 4) is 17.2 Å². The summed E-state index contributed by atoms with van der Waals surface area (Å²) >= 11 is 0. The van der Waals surface area contributed by atoms with Crippen molar-refractivity contribution in [3.63, 3.8) is 0 Å². The second kappa shape index (κ2) is 8.08. The number of carbonyl (C=O) groups is 1. The Morgan fingerprint density at radius 2 is 1.87 bits per heavy atom. The molecular formula is C18H21NO4. The Balaban J connectivity index is 2.01. The van der Waals surface area contributed by atoms with Crippen LogP contribution in [0.4, 0.5) is 5.69 Å². The molecule has 0 fully saturated rings. The molecule has 0 aliphatic carbocycles. The number of carbonyl (C=O) groups excluding carboxylic acids is 1. The molecule has 1 atom stereocenters. The van der Waals surface area contributed by atoms with Gasteiger partial charge in [0.25, 0.3) is 5.91 Å². The van der Waals surface area contributed by atoms with E-state index in [4.69, 9.17) is 14.2 Å². The van der Waals surface area contributed by atoms with Gasteiger partial charge in [-0.05, 0) is 38.1 Å². The number of anilines is 1. The fraction of sp³-hybridized carbons (Fsp3) is 0.278. The Bertz CT molecular complexity index is 643. The van der Waals surface area contributed by atoms with Gasteiger partial charge in [0.15, 0.2) is 17.6 Å². The van der Waals surface area contributed by atoms with E-state index in [2.05, 4.69) is 5.32 Å². The summed E-state index contributed by atoms with van der Waals surface area (Å²) in [5, 5.41) is 2.81. The number of nitrogens with one attached hydrogen (secondary N) is 1. The van der Waals surface area contributed by atoms with Crippen LogP contribution in [0, 0.1) is 0 Å². The van der Waals surface area contributed by atoms with Gasteiger partial charge in [0.05, 0.1) is 13.7 Å². The predicted octanol–water partition coefficient (Wildman–Crippen LogP) is 3.50. The van der Waals surface area contributed by atoms with Gasteiger partial charge in [-0.3, -0.25) is 4.79 Å². The number of hydrogen-bond donors (Lipinski definition) is 1. The van der Waals surface area contributed by atoms with Gasteiger partial charge in [-0.25, -0.2) is 0 Å². The molecule has 2 aromatic carbocycles. The van der Waals surface area contributed by atoms with Gasteiger partial charge in [0.2, 0.25) is 0 Å². The summed E-state index contributed by atoms with van der Waals surface area (Å²) < 4.78 is 16.3. The maximum absolute atomic E-state index is 12.2. The van der Waals surface area contributed by atoms with E-state index in [1.165, 1.54) is 0 Å². The molecule has 0 spiro atoms. The highest BCUT2D eigenvalue weighted by Crippen LogP contribution is 2.30. The van der Waals surface area contributed by atoms with E-state index in [1.54, 1.807) is 32.2 Å². The molecular weight excluding hydrogens is 294 g/mol. The molecule has 5 heteroatoms. The van der Waals surface area contributed by atoms with Gasteiger partial charge in [-0.15, -0.1) is 0 Å². The van der Waals surface area contributed by atoms with Crippen molar-refractivity contribution in [3.05, 3.63) is 48.5 Å². The minimum absolute atomic E-state index is 0.236. The highest BCUT2D eigenvalue weighted by Gasteiger charge is 2.15. The first kappa shape index (κ1) is 16.7. The Morgan fingerprint density at radius 1 is 1.13 bits per heavy atom. The molecule has 0 saturated heterocycles. The van der Waals surface area contributed by atoms with Gasteiger partial charge in [-0.2, -0.15) is 0 Å². The third kappa shape index (κ3) is 4.64. The summed E-state index contributed by atoms with van der Waals surface area (Å²) in [6.45, 7) is 4.15. The number of amides is 1. The number of hydrogen-bond acceptors (Lipinski definition) is 4. The molecule has 0 aliphatic rings. The highest BCUT2D eigenvalue weighted by molar-refractivity contribution is 5.94. The van der Waals surface area contributed by atoms with Crippen molar-refractivity contribution in [1.82, 2.24) is 0 Å². The summed E-state index contributed by atoms with van der Waals surface area (Å²) in [5.74, 6) is 1.63. The zero-order valence-corrected chi connectivity index (χ0v) is 13.5. The van der Waals surface area contributed by atoms with Crippen LogP contribution >= 0.6 is 0 Å². The summed E-state index contributed by atoms with van der Waals surface area (Å²) in [6, 6.07) is 14.5. The van der Waals surface area contributed by atoms with E-state index >= 15 is 0 Å². The van der Waals surface area contributed by atoms with Crippen molar-refractivity contribution >= 4 is 11.6 Å². The number of para-hydroxylation sites is 1. The summed E-state index contributed by atoms with van der Waals surface area (Å²) in [4.78, 5) is 12.2. The molecule has 23 heavy (non-hydrogen) atoms. The lowest BCUT2D eigenvalue weighted by molar-refractivity contribution is -0.122. The molecule has 1 amide bonds. The van der Waals surface area contributed by atoms with E-state index < -0.39 is 6.10 Å². The Hall–Kier alpha value is -2.69. The summed E-state index contributed by atoms with van der Waals surface area (Å²) in [6.07, 6.45) is -0.616. The molecule has 0 aromatic heterocycles. The van der Waals surface area contributed by atoms with Crippen LogP contribution in [0.15, 0.2) is 48.5 Å². The van der Waals surface area contributed by atoms with E-state index in [1.807, 2.05) is 37.3 Å². The molecule has 2 aromatic rings. The quantitative estimate of drug-likeness (QED) is 0.849. The average Bonchev–Trinajstić information content (AvgIpc) is 2.57. The lowest BCUT2D eigenvalue weighted by Gasteiger charge is -2.16. The lowest BCUT2D eigenvalue weighted by Crippen LogP contribution is -2.30. The number of rotatable bonds is 7. The Labute approximate surface area is 136 Å². The second-order valence-corrected chi connectivity index (χ2v) is 4.86. The van der Waals surface area contributed by atoms with Gasteiger partial charge in [-0.1, -0.05) is 18.2 Å². The fourth-order valence-corrected chi connectivity index (χ4v) is 2.02. The van der Waals surface area contributed by atoms with E-state index in [9.17, 15) is 4.79 Å². The van der Waals surface area contributed by atoms with Gasteiger partial charge < -0.3 is 19.5 Å². The Morgan fingerprint density at radius 3 is 2.52 bits per heavy atom. The minimum atomic E-state index is -0.616. The molecule has 0 radical (unpaired) electrons. The van der Waals surface area contributed by atoms with Crippen LogP contribution in [0.25, 0.3) is 0 Å². The highest BCUT2D eigenvalue weighted by atomic mass is 16.5. The second-order valence-electron chi connectivity index (χ2n) is 4.86. The van der Waals surface area contributed by atoms with Crippen molar-refractivity contribution < 1.29 is 19.0 Å². The van der Waals surface area contributed by atoms with Gasteiger partial charge >= 0.3 is 0 Å². The van der Waals surface area contributed by atoms with Crippen LogP contribution in [-0.2, 0) is 4.79 Å². The largest absolute Gasteiger partial charge is 0.493 e. The van der Waals surface area contributed by atoms with Gasteiger partial charge in [0, 0.05) is 11.8 Å². The molecule has 2 rings (SSSR count). The minimum Gasteiger partial charge on any atom is -0.493 e. The number of ether oxygens (including phenoxy) is 3. The topological polar surface area (TPSA) is 56.8 Å². The SMILES string of the molecule is CCOc1ccc(NC(=O)C(C)Oc2ccccc2)cc1OC. The van der Waals surface area contributed by atoms with Crippen molar-refractivity contribution in [1.29, 1.82) is 0 Å². The summed E-state index contributed by atoms with van der Waals surface area (Å²) in [5.41, 5.74) is 0.624. The molecule has 0 bridgehead atoms. The fourth-order valence-electron chi connectivity index (χ4n) is 2.02. The van der Waals surface area contributed by atoms with Crippen LogP contribution in [0.1, 0.15) is 13.8 Å². The lowest BCUT2D eigenvalue weighted by atomic mass is 10.2. The first-order chi connectivity index (χ1) is 11.1. The van der Waals surface area contributed by atoms with E-state index in [0.717, 1.165) is 0 Å². The number of benzene rings is 2. The normalized spacial score (nSPS) is 11.4. The zero-order valence-electron chi connectivity index (χ0n) is 13.5. The molecule has 0 aliphatic heterocycles. The average molecular weight is 315 g/mol. The van der Waals surface area contributed by atoms with Crippen molar-refractivity contribution in [2.75, 3.05) is 19.0 Å². The number of methoxy groups -OCH3 is 1. The molecule has 1 N–H and O–H groups in total. The van der Waals surface area contributed by atoms with E-state index in [-0.39, 0.29) is 5.91 Å². The Kier molecular flexibility index (Phi) is 5.86. The van der Waals surface area contributed by atoms with Crippen LogP contribution in [-0.4, -0.2) is 25.7 Å². The molecule has 122 valence electrons. The van der Waals surface area contributed by atoms with Crippen LogP contribution < -0.4 is 19.5 Å². The first-order valence-corrected chi connectivity index (χ1v) is 7.47. The first-order valence-electron chi connectivity index (χ1n) is 7.47. The molecule has 0 heterocycles. The third-order valence-corrected chi connectivity index (χ3v) is 3.16. The zero-order chi connectivity index (χ0) is 16.7. The summed E-state index contributed by atoms with van der Waals surface area (Å²) in [7, 11) is 1.56. The van der Waals surface area contributed by atoms with Crippen molar-refractivity contribution in [2.24, 2.45) is 0 Å². The molecule has 5 nitrogen and oxygen atoms in total. The smallest absolute Gasteiger partial charge is 0.265 e. The molecule has 0 saturated carbocycles. The predicted molar refractivity (Wildman–Crippen MR) is 89.3 cm³/mol. The van der Waals surface area contributed by atoms with Crippen molar-refractivity contribution in [2.45, 2.75) is 20.0 Å². The van der Waals surface area contributed by atoms with Crippen LogP contribution in [0.3, 0.4) is 0 Å². The van der Waals surface area contributed by atoms with E-state index in [0.29, 0.717) is 29.5 Å². The van der Waals surface area contributed by atoms with Crippen LogP contribution in [0.5, 0.6) is 17.2 Å². The van der Waals surface area contributed by atoms with Crippen LogP contribution in [0.2, 0.25) is 0 Å². The third-order valence-electron chi connectivity index (χ3n) is 3.16. The maximum atomic E-state index is 12.2.